The van der Waals surface area contributed by atoms with Gasteiger partial charge in [0.15, 0.2) is 0 Å². The normalized spacial score (nSPS) is 11.8. The number of aryl methyl sites for hydroxylation is 1. The van der Waals surface area contributed by atoms with E-state index in [0.717, 1.165) is 0 Å². The van der Waals surface area contributed by atoms with Gasteiger partial charge in [-0.1, -0.05) is 0 Å². The Morgan fingerprint density at radius 3 is 2.70 bits per heavy atom. The number of carbonyl (C=O) groups is 2. The van der Waals surface area contributed by atoms with Gasteiger partial charge in [0.1, 0.15) is 11.8 Å². The van der Waals surface area contributed by atoms with E-state index in [-0.39, 0.29) is 12.0 Å². The van der Waals surface area contributed by atoms with Crippen LogP contribution in [0, 0.1) is 6.92 Å². The van der Waals surface area contributed by atoms with Crippen molar-refractivity contribution in [1.82, 2.24) is 15.3 Å². The van der Waals surface area contributed by atoms with E-state index < -0.39 is 17.9 Å². The van der Waals surface area contributed by atoms with Crippen LogP contribution >= 0.6 is 0 Å². The lowest BCUT2D eigenvalue weighted by Crippen LogP contribution is -2.42. The Morgan fingerprint density at radius 2 is 2.17 bits per heavy atom. The Morgan fingerprint density at radius 1 is 1.43 bits per heavy atom. The number of carboxylic acid groups (broad SMARTS) is 1. The number of anilines is 1. The third-order valence-corrected chi connectivity index (χ3v) is 3.20. The van der Waals surface area contributed by atoms with Gasteiger partial charge in [0.25, 0.3) is 5.91 Å². The van der Waals surface area contributed by atoms with Crippen LogP contribution in [0.3, 0.4) is 0 Å². The summed E-state index contributed by atoms with van der Waals surface area (Å²) < 4.78 is 5.12. The number of aromatic nitrogens is 2. The van der Waals surface area contributed by atoms with E-state index in [9.17, 15) is 14.7 Å². The summed E-state index contributed by atoms with van der Waals surface area (Å²) in [5.74, 6) is -0.719. The fourth-order valence-electron chi connectivity index (χ4n) is 1.96. The van der Waals surface area contributed by atoms with E-state index in [1.54, 1.807) is 38.1 Å². The maximum atomic E-state index is 12.3. The number of carboxylic acids is 1. The molecule has 1 amide bonds. The van der Waals surface area contributed by atoms with Crippen LogP contribution in [0.5, 0.6) is 0 Å². The first-order valence-corrected chi connectivity index (χ1v) is 6.95. The molecule has 0 unspecified atom stereocenters. The van der Waals surface area contributed by atoms with Crippen molar-refractivity contribution in [2.24, 2.45) is 0 Å². The van der Waals surface area contributed by atoms with Gasteiger partial charge in [-0.3, -0.25) is 4.79 Å². The second-order valence-electron chi connectivity index (χ2n) is 5.21. The summed E-state index contributed by atoms with van der Waals surface area (Å²) in [5.41, 5.74) is 0.713. The van der Waals surface area contributed by atoms with Gasteiger partial charge < -0.3 is 19.7 Å². The molecule has 0 bridgehead atoms. The van der Waals surface area contributed by atoms with E-state index >= 15 is 0 Å². The number of furan rings is 1. The Kier molecular flexibility index (Phi) is 4.95. The molecule has 0 aliphatic carbocycles. The number of nitrogens with zero attached hydrogens (tertiary/aromatic N) is 3. The molecule has 0 aromatic carbocycles. The van der Waals surface area contributed by atoms with Crippen LogP contribution in [0.25, 0.3) is 0 Å². The molecule has 0 aliphatic heterocycles. The number of amides is 1. The van der Waals surface area contributed by atoms with Crippen molar-refractivity contribution in [2.45, 2.75) is 19.4 Å². The fraction of sp³-hybridized carbons (Fsp3) is 0.333. The largest absolute Gasteiger partial charge is 0.480 e. The smallest absolute Gasteiger partial charge is 0.326 e. The van der Waals surface area contributed by atoms with Gasteiger partial charge in [-0.25, -0.2) is 14.8 Å². The van der Waals surface area contributed by atoms with Crippen molar-refractivity contribution in [2.75, 3.05) is 19.0 Å². The molecule has 2 N–H and O–H groups in total. The Balaban J connectivity index is 2.14. The molecule has 2 rings (SSSR count). The third kappa shape index (κ3) is 4.06. The van der Waals surface area contributed by atoms with Gasteiger partial charge in [-0.15, -0.1) is 0 Å². The van der Waals surface area contributed by atoms with E-state index in [1.165, 1.54) is 12.5 Å². The molecule has 122 valence electrons. The summed E-state index contributed by atoms with van der Waals surface area (Å²) in [4.78, 5) is 33.6. The van der Waals surface area contributed by atoms with Crippen molar-refractivity contribution in [3.8, 4) is 0 Å². The zero-order valence-electron chi connectivity index (χ0n) is 13.1. The molecule has 2 aromatic heterocycles. The predicted molar refractivity (Wildman–Crippen MR) is 82.4 cm³/mol. The van der Waals surface area contributed by atoms with E-state index in [0.29, 0.717) is 17.4 Å². The van der Waals surface area contributed by atoms with Crippen LogP contribution in [0.1, 0.15) is 21.8 Å². The molecule has 0 saturated carbocycles. The first-order chi connectivity index (χ1) is 10.9. The molecule has 0 spiro atoms. The van der Waals surface area contributed by atoms with Crippen LogP contribution in [0.15, 0.2) is 29.0 Å². The van der Waals surface area contributed by atoms with Crippen LogP contribution < -0.4 is 10.2 Å². The van der Waals surface area contributed by atoms with E-state index in [2.05, 4.69) is 15.3 Å². The summed E-state index contributed by atoms with van der Waals surface area (Å²) in [7, 11) is 3.58. The first kappa shape index (κ1) is 16.5. The highest BCUT2D eigenvalue weighted by Gasteiger charge is 2.23. The summed E-state index contributed by atoms with van der Waals surface area (Å²) in [6.07, 6.45) is 2.90. The molecule has 0 fully saturated rings. The Bertz CT molecular complexity index is 698. The lowest BCUT2D eigenvalue weighted by Gasteiger charge is -2.15. The van der Waals surface area contributed by atoms with Gasteiger partial charge in [0.2, 0.25) is 5.95 Å². The second-order valence-corrected chi connectivity index (χ2v) is 5.21. The molecule has 8 nitrogen and oxygen atoms in total. The number of aliphatic carboxylic acids is 1. The lowest BCUT2D eigenvalue weighted by atomic mass is 10.1. The Labute approximate surface area is 133 Å². The van der Waals surface area contributed by atoms with Crippen LogP contribution in [0.4, 0.5) is 5.95 Å². The van der Waals surface area contributed by atoms with Crippen molar-refractivity contribution >= 4 is 17.8 Å². The maximum absolute atomic E-state index is 12.3. The summed E-state index contributed by atoms with van der Waals surface area (Å²) >= 11 is 0. The maximum Gasteiger partial charge on any atom is 0.326 e. The SMILES string of the molecule is Cc1nc(N(C)C)ncc1C(=O)N[C@H](Cc1ccco1)C(=O)O. The molecule has 0 aliphatic rings. The average Bonchev–Trinajstić information content (AvgIpc) is 2.99. The molecule has 1 atom stereocenters. The van der Waals surface area contributed by atoms with Crippen molar-refractivity contribution < 1.29 is 19.1 Å². The van der Waals surface area contributed by atoms with Gasteiger partial charge >= 0.3 is 5.97 Å². The predicted octanol–water partition coefficient (Wildman–Crippen LogP) is 0.870. The van der Waals surface area contributed by atoms with Crippen LogP contribution in [-0.2, 0) is 11.2 Å². The highest BCUT2D eigenvalue weighted by Crippen LogP contribution is 2.10. The summed E-state index contributed by atoms with van der Waals surface area (Å²) in [6.45, 7) is 1.67. The zero-order chi connectivity index (χ0) is 17.0. The lowest BCUT2D eigenvalue weighted by molar-refractivity contribution is -0.139. The van der Waals surface area contributed by atoms with Gasteiger partial charge in [-0.05, 0) is 19.1 Å². The van der Waals surface area contributed by atoms with E-state index in [1.807, 2.05) is 0 Å². The quantitative estimate of drug-likeness (QED) is 0.813. The average molecular weight is 318 g/mol. The molecule has 0 radical (unpaired) electrons. The summed E-state index contributed by atoms with van der Waals surface area (Å²) in [5, 5.41) is 11.7. The molecule has 2 aromatic rings. The monoisotopic (exact) mass is 318 g/mol. The van der Waals surface area contributed by atoms with Crippen LogP contribution in [0.2, 0.25) is 0 Å². The fourth-order valence-corrected chi connectivity index (χ4v) is 1.96. The second kappa shape index (κ2) is 6.91. The minimum Gasteiger partial charge on any atom is -0.480 e. The number of rotatable bonds is 6. The molecule has 23 heavy (non-hydrogen) atoms. The third-order valence-electron chi connectivity index (χ3n) is 3.20. The van der Waals surface area contributed by atoms with Crippen molar-refractivity contribution in [1.29, 1.82) is 0 Å². The molecule has 0 saturated heterocycles. The standard InChI is InChI=1S/C15H18N4O4/c1-9-11(8-16-15(17-9)19(2)3)13(20)18-12(14(21)22)7-10-5-4-6-23-10/h4-6,8,12H,7H2,1-3H3,(H,18,20)(H,21,22)/t12-/m1/s1. The van der Waals surface area contributed by atoms with Gasteiger partial charge in [0.05, 0.1) is 17.5 Å². The molecule has 2 heterocycles. The summed E-state index contributed by atoms with van der Waals surface area (Å²) in [6, 6.07) is 2.22. The van der Waals surface area contributed by atoms with Crippen LogP contribution in [-0.4, -0.2) is 47.1 Å². The zero-order valence-corrected chi connectivity index (χ0v) is 13.1. The minimum atomic E-state index is -1.14. The number of hydrogen-bond donors (Lipinski definition) is 2. The first-order valence-electron chi connectivity index (χ1n) is 6.95. The molecular weight excluding hydrogens is 300 g/mol. The van der Waals surface area contributed by atoms with E-state index in [4.69, 9.17) is 4.42 Å². The molecule has 8 heteroatoms. The Hall–Kier alpha value is -2.90. The van der Waals surface area contributed by atoms with Crippen molar-refractivity contribution in [3.05, 3.63) is 41.6 Å². The minimum absolute atomic E-state index is 0.0593. The highest BCUT2D eigenvalue weighted by atomic mass is 16.4. The number of nitrogens with one attached hydrogen (secondary N) is 1. The molecular formula is C15H18N4O4. The number of carbonyl (C=O) groups excluding carboxylic acids is 1. The van der Waals surface area contributed by atoms with Crippen molar-refractivity contribution in [3.63, 3.8) is 0 Å². The highest BCUT2D eigenvalue weighted by molar-refractivity contribution is 5.97. The topological polar surface area (TPSA) is 109 Å². The van der Waals surface area contributed by atoms with Gasteiger partial charge in [0, 0.05) is 26.7 Å². The number of hydrogen-bond acceptors (Lipinski definition) is 6. The van der Waals surface area contributed by atoms with Gasteiger partial charge in [-0.2, -0.15) is 0 Å².